The summed E-state index contributed by atoms with van der Waals surface area (Å²) >= 11 is 0. The second-order valence-corrected chi connectivity index (χ2v) is 5.56. The zero-order valence-corrected chi connectivity index (χ0v) is 14.5. The van der Waals surface area contributed by atoms with Crippen molar-refractivity contribution in [3.05, 3.63) is 59.7 Å². The van der Waals surface area contributed by atoms with E-state index in [-0.39, 0.29) is 6.61 Å². The molecule has 0 amide bonds. The molecule has 134 valence electrons. The molecule has 6 heteroatoms. The van der Waals surface area contributed by atoms with Crippen molar-refractivity contribution < 1.29 is 29.4 Å². The monoisotopic (exact) mass is 346 g/mol. The van der Waals surface area contributed by atoms with Crippen molar-refractivity contribution in [2.24, 2.45) is 0 Å². The molecule has 0 heterocycles. The molecule has 1 atom stereocenters. The molecule has 0 unspecified atom stereocenters. The molecule has 0 saturated carbocycles. The fourth-order valence-electron chi connectivity index (χ4n) is 2.33. The van der Waals surface area contributed by atoms with Gasteiger partial charge in [-0.1, -0.05) is 18.2 Å². The number of nitrogens with two attached hydrogens (primary N) is 1. The van der Waals surface area contributed by atoms with E-state index < -0.39 is 12.1 Å². The van der Waals surface area contributed by atoms with E-state index in [0.717, 1.165) is 17.9 Å². The molecule has 0 aromatic heterocycles. The van der Waals surface area contributed by atoms with Gasteiger partial charge in [-0.05, 0) is 30.3 Å². The smallest absolute Gasteiger partial charge is 0.337 e. The summed E-state index contributed by atoms with van der Waals surface area (Å²) in [5.41, 5.74) is 1.54. The van der Waals surface area contributed by atoms with E-state index in [4.69, 9.17) is 9.47 Å². The summed E-state index contributed by atoms with van der Waals surface area (Å²) in [6.07, 6.45) is -0.618. The summed E-state index contributed by atoms with van der Waals surface area (Å²) in [5.74, 6) is 0.924. The maximum Gasteiger partial charge on any atom is 0.337 e. The largest absolute Gasteiger partial charge is 0.497 e. The number of hydrogen-bond donors (Lipinski definition) is 2. The second kappa shape index (κ2) is 9.66. The van der Waals surface area contributed by atoms with Crippen LogP contribution in [0, 0.1) is 0 Å². The van der Waals surface area contributed by atoms with Gasteiger partial charge in [0.15, 0.2) is 0 Å². The first-order valence-corrected chi connectivity index (χ1v) is 8.06. The number of methoxy groups -OCH3 is 2. The highest BCUT2D eigenvalue weighted by atomic mass is 16.5. The van der Waals surface area contributed by atoms with Crippen molar-refractivity contribution in [3.8, 4) is 11.5 Å². The number of aliphatic hydroxyl groups is 1. The zero-order chi connectivity index (χ0) is 18.1. The molecule has 0 radical (unpaired) electrons. The van der Waals surface area contributed by atoms with E-state index in [0.29, 0.717) is 17.9 Å². The van der Waals surface area contributed by atoms with Crippen LogP contribution in [-0.2, 0) is 11.3 Å². The van der Waals surface area contributed by atoms with Crippen LogP contribution in [-0.4, -0.2) is 44.6 Å². The van der Waals surface area contributed by atoms with Crippen LogP contribution in [0.1, 0.15) is 15.9 Å². The average molecular weight is 346 g/mol. The fraction of sp³-hybridized carbons (Fsp3) is 0.316. The minimum absolute atomic E-state index is 0.152. The molecule has 0 aliphatic heterocycles. The van der Waals surface area contributed by atoms with Gasteiger partial charge in [0.25, 0.3) is 0 Å². The normalized spacial score (nSPS) is 11.6. The SMILES string of the molecule is COC(=O)c1cccc(OC[C@@H](O)C[NH2+]Cc2cccc(OC)c2)c1. The predicted octanol–water partition coefficient (Wildman–Crippen LogP) is 0.985. The number of ether oxygens (including phenoxy) is 3. The van der Waals surface area contributed by atoms with Crippen LogP contribution in [0.15, 0.2) is 48.5 Å². The van der Waals surface area contributed by atoms with E-state index in [1.807, 2.05) is 29.6 Å². The molecule has 3 N–H and O–H groups in total. The lowest BCUT2D eigenvalue weighted by molar-refractivity contribution is -0.676. The van der Waals surface area contributed by atoms with Crippen molar-refractivity contribution in [2.75, 3.05) is 27.4 Å². The number of aliphatic hydroxyl groups excluding tert-OH is 1. The molecule has 6 nitrogen and oxygen atoms in total. The highest BCUT2D eigenvalue weighted by Gasteiger charge is 2.10. The standard InChI is InChI=1S/C19H23NO5/c1-23-17-7-3-5-14(9-17)11-20-12-16(21)13-25-18-8-4-6-15(10-18)19(22)24-2/h3-10,16,20-21H,11-13H2,1-2H3/p+1/t16-/m0/s1. The van der Waals surface area contributed by atoms with Crippen LogP contribution in [0.2, 0.25) is 0 Å². The first-order valence-electron chi connectivity index (χ1n) is 8.06. The highest BCUT2D eigenvalue weighted by Crippen LogP contribution is 2.14. The molecule has 0 aliphatic rings. The van der Waals surface area contributed by atoms with Gasteiger partial charge in [0, 0.05) is 5.56 Å². The minimum atomic E-state index is -0.618. The van der Waals surface area contributed by atoms with Gasteiger partial charge in [-0.2, -0.15) is 0 Å². The molecule has 0 aliphatic carbocycles. The fourth-order valence-corrected chi connectivity index (χ4v) is 2.33. The number of carbonyl (C=O) groups excluding carboxylic acids is 1. The average Bonchev–Trinajstić information content (AvgIpc) is 2.66. The Balaban J connectivity index is 1.75. The topological polar surface area (TPSA) is 81.6 Å². The summed E-state index contributed by atoms with van der Waals surface area (Å²) in [4.78, 5) is 11.5. The van der Waals surface area contributed by atoms with Crippen LogP contribution in [0.3, 0.4) is 0 Å². The highest BCUT2D eigenvalue weighted by molar-refractivity contribution is 5.89. The molecule has 0 saturated heterocycles. The number of quaternary nitrogens is 1. The Kier molecular flexibility index (Phi) is 7.25. The summed E-state index contributed by atoms with van der Waals surface area (Å²) < 4.78 is 15.4. The first-order chi connectivity index (χ1) is 12.1. The van der Waals surface area contributed by atoms with Crippen LogP contribution in [0.5, 0.6) is 11.5 Å². The minimum Gasteiger partial charge on any atom is -0.497 e. The third kappa shape index (κ3) is 6.10. The second-order valence-electron chi connectivity index (χ2n) is 5.56. The van der Waals surface area contributed by atoms with Crippen molar-refractivity contribution in [1.29, 1.82) is 0 Å². The van der Waals surface area contributed by atoms with Crippen molar-refractivity contribution >= 4 is 5.97 Å². The van der Waals surface area contributed by atoms with Gasteiger partial charge >= 0.3 is 5.97 Å². The van der Waals surface area contributed by atoms with Crippen LogP contribution >= 0.6 is 0 Å². The third-order valence-electron chi connectivity index (χ3n) is 3.65. The predicted molar refractivity (Wildman–Crippen MR) is 92.8 cm³/mol. The Morgan fingerprint density at radius 3 is 2.64 bits per heavy atom. The van der Waals surface area contributed by atoms with Crippen molar-refractivity contribution in [3.63, 3.8) is 0 Å². The molecule has 2 rings (SSSR count). The maximum atomic E-state index is 11.5. The molecule has 2 aromatic rings. The zero-order valence-electron chi connectivity index (χ0n) is 14.5. The Hall–Kier alpha value is -2.57. The van der Waals surface area contributed by atoms with Crippen molar-refractivity contribution in [1.82, 2.24) is 0 Å². The van der Waals surface area contributed by atoms with Gasteiger partial charge < -0.3 is 24.6 Å². The Morgan fingerprint density at radius 2 is 1.88 bits per heavy atom. The summed E-state index contributed by atoms with van der Waals surface area (Å²) in [6.45, 7) is 1.40. The van der Waals surface area contributed by atoms with Crippen molar-refractivity contribution in [2.45, 2.75) is 12.6 Å². The number of rotatable bonds is 9. The van der Waals surface area contributed by atoms with E-state index in [2.05, 4.69) is 4.74 Å². The molecule has 25 heavy (non-hydrogen) atoms. The van der Waals surface area contributed by atoms with E-state index in [1.165, 1.54) is 7.11 Å². The Labute approximate surface area is 147 Å². The van der Waals surface area contributed by atoms with Gasteiger partial charge in [-0.3, -0.25) is 0 Å². The quantitative estimate of drug-likeness (QED) is 0.662. The van der Waals surface area contributed by atoms with Crippen LogP contribution in [0.25, 0.3) is 0 Å². The Morgan fingerprint density at radius 1 is 1.12 bits per heavy atom. The molecule has 0 fully saturated rings. The van der Waals surface area contributed by atoms with E-state index in [9.17, 15) is 9.90 Å². The number of carbonyl (C=O) groups is 1. The lowest BCUT2D eigenvalue weighted by atomic mass is 10.2. The van der Waals surface area contributed by atoms with E-state index >= 15 is 0 Å². The third-order valence-corrected chi connectivity index (χ3v) is 3.65. The molecular formula is C19H24NO5+. The van der Waals surface area contributed by atoms with Gasteiger partial charge in [0.2, 0.25) is 0 Å². The van der Waals surface area contributed by atoms with E-state index in [1.54, 1.807) is 31.4 Å². The number of esters is 1. The van der Waals surface area contributed by atoms with Gasteiger partial charge in [-0.15, -0.1) is 0 Å². The molecular weight excluding hydrogens is 322 g/mol. The summed E-state index contributed by atoms with van der Waals surface area (Å²) in [5, 5.41) is 12.0. The number of hydrogen-bond acceptors (Lipinski definition) is 5. The lowest BCUT2D eigenvalue weighted by Crippen LogP contribution is -2.85. The molecule has 0 spiro atoms. The van der Waals surface area contributed by atoms with Gasteiger partial charge in [0.05, 0.1) is 19.8 Å². The van der Waals surface area contributed by atoms with Gasteiger partial charge in [0.1, 0.15) is 37.3 Å². The van der Waals surface area contributed by atoms with Gasteiger partial charge in [-0.25, -0.2) is 4.79 Å². The van der Waals surface area contributed by atoms with Crippen LogP contribution < -0.4 is 14.8 Å². The molecule has 2 aromatic carbocycles. The molecule has 0 bridgehead atoms. The lowest BCUT2D eigenvalue weighted by Gasteiger charge is -2.12. The van der Waals surface area contributed by atoms with Crippen LogP contribution in [0.4, 0.5) is 0 Å². The number of benzene rings is 2. The summed E-state index contributed by atoms with van der Waals surface area (Å²) in [7, 11) is 2.97. The maximum absolute atomic E-state index is 11.5. The Bertz CT molecular complexity index is 689. The summed E-state index contributed by atoms with van der Waals surface area (Å²) in [6, 6.07) is 14.5. The first kappa shape index (κ1) is 18.8.